The lowest BCUT2D eigenvalue weighted by Crippen LogP contribution is -2.11. The highest BCUT2D eigenvalue weighted by Gasteiger charge is 2.22. The van der Waals surface area contributed by atoms with E-state index in [9.17, 15) is 14.0 Å². The van der Waals surface area contributed by atoms with Gasteiger partial charge < -0.3 is 9.47 Å². The number of nitrogens with zero attached hydrogens (tertiary/aromatic N) is 3. The lowest BCUT2D eigenvalue weighted by Gasteiger charge is -2.10. The average molecular weight is 301 g/mol. The van der Waals surface area contributed by atoms with Crippen molar-refractivity contribution < 1.29 is 23.5 Å². The molecule has 1 aromatic heterocycles. The van der Waals surface area contributed by atoms with Crippen molar-refractivity contribution in [2.75, 3.05) is 7.11 Å². The van der Waals surface area contributed by atoms with Gasteiger partial charge in [-0.2, -0.15) is 5.26 Å². The normalized spacial score (nSPS) is 9.68. The van der Waals surface area contributed by atoms with E-state index >= 15 is 0 Å². The Labute approximate surface area is 123 Å². The van der Waals surface area contributed by atoms with Crippen molar-refractivity contribution in [3.63, 3.8) is 0 Å². The number of rotatable bonds is 4. The molecular weight excluding hydrogens is 293 g/mol. The summed E-state index contributed by atoms with van der Waals surface area (Å²) in [6.45, 7) is 0. The van der Waals surface area contributed by atoms with Crippen LogP contribution in [0.5, 0.6) is 11.6 Å². The molecule has 0 spiro atoms. The molecule has 22 heavy (non-hydrogen) atoms. The smallest absolute Gasteiger partial charge is 0.345 e. The van der Waals surface area contributed by atoms with Crippen LogP contribution in [-0.2, 0) is 4.74 Å². The number of nitriles is 1. The largest absolute Gasteiger partial charge is 0.465 e. The van der Waals surface area contributed by atoms with Gasteiger partial charge in [0.2, 0.25) is 5.88 Å². The molecule has 0 amide bonds. The second-order valence-corrected chi connectivity index (χ2v) is 3.91. The van der Waals surface area contributed by atoms with Crippen LogP contribution in [0.3, 0.4) is 0 Å². The Hall–Kier alpha value is -3.34. The van der Waals surface area contributed by atoms with Crippen molar-refractivity contribution in [1.29, 1.82) is 5.26 Å². The molecule has 7 nitrogen and oxygen atoms in total. The highest BCUT2D eigenvalue weighted by Crippen LogP contribution is 2.27. The first-order valence-corrected chi connectivity index (χ1v) is 5.86. The van der Waals surface area contributed by atoms with Crippen LogP contribution in [0.25, 0.3) is 0 Å². The van der Waals surface area contributed by atoms with Crippen LogP contribution < -0.4 is 4.74 Å². The molecule has 0 N–H and O–H groups in total. The number of halogens is 1. The van der Waals surface area contributed by atoms with E-state index in [1.165, 1.54) is 12.1 Å². The predicted octanol–water partition coefficient (Wildman–Crippen LogP) is 1.88. The molecule has 0 unspecified atom stereocenters. The summed E-state index contributed by atoms with van der Waals surface area (Å²) in [4.78, 5) is 30.0. The van der Waals surface area contributed by atoms with Crippen LogP contribution >= 0.6 is 0 Å². The molecule has 1 heterocycles. The summed E-state index contributed by atoms with van der Waals surface area (Å²) in [7, 11) is 1.11. The Morgan fingerprint density at radius 2 is 2.18 bits per heavy atom. The Morgan fingerprint density at radius 3 is 2.77 bits per heavy atom. The van der Waals surface area contributed by atoms with E-state index in [4.69, 9.17) is 10.00 Å². The van der Waals surface area contributed by atoms with E-state index in [2.05, 4.69) is 14.7 Å². The first kappa shape index (κ1) is 15.1. The second-order valence-electron chi connectivity index (χ2n) is 3.91. The van der Waals surface area contributed by atoms with Crippen molar-refractivity contribution >= 4 is 12.3 Å². The number of carbonyl (C=O) groups excluding carboxylic acids is 2. The Kier molecular flexibility index (Phi) is 4.38. The fourth-order valence-electron chi connectivity index (χ4n) is 1.60. The third-order valence-corrected chi connectivity index (χ3v) is 2.61. The molecule has 1 aromatic carbocycles. The zero-order valence-corrected chi connectivity index (χ0v) is 11.2. The summed E-state index contributed by atoms with van der Waals surface area (Å²) in [6.07, 6.45) is 1.32. The molecule has 0 aliphatic heterocycles. The molecule has 2 rings (SSSR count). The molecule has 0 saturated heterocycles. The first-order valence-electron chi connectivity index (χ1n) is 5.86. The predicted molar refractivity (Wildman–Crippen MR) is 69.9 cm³/mol. The van der Waals surface area contributed by atoms with Crippen LogP contribution in [0.15, 0.2) is 24.5 Å². The SMILES string of the molecule is COC(=O)c1c(C=O)ncnc1Oc1ccc(C#N)cc1F. The van der Waals surface area contributed by atoms with Gasteiger partial charge in [-0.1, -0.05) is 0 Å². The van der Waals surface area contributed by atoms with Gasteiger partial charge >= 0.3 is 5.97 Å². The fourth-order valence-corrected chi connectivity index (χ4v) is 1.60. The number of ether oxygens (including phenoxy) is 2. The minimum atomic E-state index is -0.897. The summed E-state index contributed by atoms with van der Waals surface area (Å²) in [5.74, 6) is -2.31. The van der Waals surface area contributed by atoms with Gasteiger partial charge in [-0.3, -0.25) is 4.79 Å². The van der Waals surface area contributed by atoms with E-state index in [1.807, 2.05) is 0 Å². The summed E-state index contributed by atoms with van der Waals surface area (Å²) < 4.78 is 23.6. The molecule has 2 aromatic rings. The molecule has 0 aliphatic carbocycles. The van der Waals surface area contributed by atoms with Crippen molar-refractivity contribution in [2.45, 2.75) is 0 Å². The monoisotopic (exact) mass is 301 g/mol. The molecule has 0 saturated carbocycles. The second kappa shape index (κ2) is 6.41. The minimum absolute atomic E-state index is 0.106. The van der Waals surface area contributed by atoms with Crippen molar-refractivity contribution in [1.82, 2.24) is 9.97 Å². The van der Waals surface area contributed by atoms with E-state index in [1.54, 1.807) is 6.07 Å². The Balaban J connectivity index is 2.48. The molecule has 110 valence electrons. The van der Waals surface area contributed by atoms with Gasteiger partial charge in [-0.05, 0) is 18.2 Å². The number of carbonyl (C=O) groups is 2. The van der Waals surface area contributed by atoms with Gasteiger partial charge in [0.15, 0.2) is 23.4 Å². The minimum Gasteiger partial charge on any atom is -0.465 e. The van der Waals surface area contributed by atoms with Gasteiger partial charge in [0, 0.05) is 0 Å². The highest BCUT2D eigenvalue weighted by molar-refractivity contribution is 5.99. The number of aromatic nitrogens is 2. The fraction of sp³-hybridized carbons (Fsp3) is 0.0714. The van der Waals surface area contributed by atoms with Gasteiger partial charge in [-0.25, -0.2) is 19.2 Å². The molecule has 0 bridgehead atoms. The maximum absolute atomic E-state index is 13.8. The lowest BCUT2D eigenvalue weighted by atomic mass is 10.2. The molecule has 0 fully saturated rings. The Morgan fingerprint density at radius 1 is 1.41 bits per heavy atom. The topological polar surface area (TPSA) is 102 Å². The van der Waals surface area contributed by atoms with E-state index in [0.717, 1.165) is 19.5 Å². The summed E-state index contributed by atoms with van der Waals surface area (Å²) in [6, 6.07) is 5.28. The number of aldehydes is 1. The number of benzene rings is 1. The molecule has 0 aliphatic rings. The summed E-state index contributed by atoms with van der Waals surface area (Å²) in [5, 5.41) is 8.68. The Bertz CT molecular complexity index is 786. The number of esters is 1. The lowest BCUT2D eigenvalue weighted by molar-refractivity contribution is 0.0593. The van der Waals surface area contributed by atoms with E-state index in [0.29, 0.717) is 6.29 Å². The van der Waals surface area contributed by atoms with Crippen molar-refractivity contribution in [2.24, 2.45) is 0 Å². The molecule has 0 atom stereocenters. The van der Waals surface area contributed by atoms with Gasteiger partial charge in [0.25, 0.3) is 0 Å². The van der Waals surface area contributed by atoms with Crippen LogP contribution in [0.1, 0.15) is 26.4 Å². The maximum atomic E-state index is 13.8. The molecular formula is C14H8FN3O4. The third kappa shape index (κ3) is 2.88. The number of methoxy groups -OCH3 is 1. The van der Waals surface area contributed by atoms with E-state index in [-0.39, 0.29) is 28.5 Å². The number of hydrogen-bond acceptors (Lipinski definition) is 7. The average Bonchev–Trinajstić information content (AvgIpc) is 2.55. The van der Waals surface area contributed by atoms with Crippen LogP contribution in [0, 0.1) is 17.1 Å². The van der Waals surface area contributed by atoms with Crippen LogP contribution in [-0.4, -0.2) is 29.3 Å². The molecule has 8 heteroatoms. The third-order valence-electron chi connectivity index (χ3n) is 2.61. The number of hydrogen-bond donors (Lipinski definition) is 0. The van der Waals surface area contributed by atoms with Crippen molar-refractivity contribution in [3.05, 3.63) is 47.2 Å². The molecule has 0 radical (unpaired) electrons. The zero-order valence-electron chi connectivity index (χ0n) is 11.2. The summed E-state index contributed by atoms with van der Waals surface area (Å²) >= 11 is 0. The maximum Gasteiger partial charge on any atom is 0.345 e. The van der Waals surface area contributed by atoms with Gasteiger partial charge in [0.05, 0.1) is 18.7 Å². The van der Waals surface area contributed by atoms with Crippen molar-refractivity contribution in [3.8, 4) is 17.7 Å². The van der Waals surface area contributed by atoms with Gasteiger partial charge in [-0.15, -0.1) is 0 Å². The van der Waals surface area contributed by atoms with Gasteiger partial charge in [0.1, 0.15) is 12.0 Å². The first-order chi connectivity index (χ1) is 10.6. The summed E-state index contributed by atoms with van der Waals surface area (Å²) in [5.41, 5.74) is -0.455. The van der Waals surface area contributed by atoms with Crippen LogP contribution in [0.2, 0.25) is 0 Å². The zero-order chi connectivity index (χ0) is 16.1. The standard InChI is InChI=1S/C14H8FN3O4/c1-21-14(20)12-10(6-19)17-7-18-13(12)22-11-3-2-8(5-16)4-9(11)15/h2-4,6-7H,1H3. The van der Waals surface area contributed by atoms with E-state index < -0.39 is 11.8 Å². The quantitative estimate of drug-likeness (QED) is 0.627. The highest BCUT2D eigenvalue weighted by atomic mass is 19.1. The van der Waals surface area contributed by atoms with Crippen LogP contribution in [0.4, 0.5) is 4.39 Å².